The highest BCUT2D eigenvalue weighted by Crippen LogP contribution is 2.36. The van der Waals surface area contributed by atoms with Crippen LogP contribution >= 0.6 is 0 Å². The molecule has 1 amide bonds. The Labute approximate surface area is 235 Å². The summed E-state index contributed by atoms with van der Waals surface area (Å²) >= 11 is 0. The number of aromatic amines is 1. The quantitative estimate of drug-likeness (QED) is 0.182. The molecule has 204 valence electrons. The van der Waals surface area contributed by atoms with Crippen molar-refractivity contribution in [3.05, 3.63) is 119 Å². The number of halogens is 2. The fourth-order valence-corrected chi connectivity index (χ4v) is 4.92. The van der Waals surface area contributed by atoms with E-state index >= 15 is 0 Å². The molecular weight excluding hydrogens is 522 g/mol. The molecule has 0 unspecified atom stereocenters. The predicted molar refractivity (Wildman–Crippen MR) is 158 cm³/mol. The Kier molecular flexibility index (Phi) is 6.81. The average Bonchev–Trinajstić information content (AvgIpc) is 3.49. The molecule has 4 aromatic carbocycles. The summed E-state index contributed by atoms with van der Waals surface area (Å²) in [6, 6.07) is 24.7. The molecule has 0 bridgehead atoms. The fourth-order valence-electron chi connectivity index (χ4n) is 4.92. The van der Waals surface area contributed by atoms with Gasteiger partial charge in [-0.25, -0.2) is 18.6 Å². The summed E-state index contributed by atoms with van der Waals surface area (Å²) in [5.74, 6) is -1.59. The Bertz CT molecular complexity index is 1900. The monoisotopic (exact) mass is 548 g/mol. The van der Waals surface area contributed by atoms with Gasteiger partial charge in [-0.15, -0.1) is 0 Å². The zero-order chi connectivity index (χ0) is 28.5. The summed E-state index contributed by atoms with van der Waals surface area (Å²) in [5.41, 5.74) is 8.28. The van der Waals surface area contributed by atoms with Gasteiger partial charge in [0.25, 0.3) is 0 Å². The molecule has 6 nitrogen and oxygen atoms in total. The smallest absolute Gasteiger partial charge is 0.411 e. The van der Waals surface area contributed by atoms with Crippen molar-refractivity contribution in [2.24, 2.45) is 0 Å². The van der Waals surface area contributed by atoms with Crippen LogP contribution in [-0.4, -0.2) is 16.1 Å². The predicted octanol–water partition coefficient (Wildman–Crippen LogP) is 8.77. The number of rotatable bonds is 6. The number of hydrogen-bond donors (Lipinski definition) is 3. The van der Waals surface area contributed by atoms with E-state index in [0.717, 1.165) is 73.8 Å². The van der Waals surface area contributed by atoms with Crippen molar-refractivity contribution in [3.8, 4) is 11.3 Å². The minimum absolute atomic E-state index is 0.0306. The third kappa shape index (κ3) is 5.45. The SMILES string of the molecule is Cc1ccc2c(Nc3cc(COC(=O)Nc4cc(F)cc(F)c4)cc(-c4ccc[nH]4)c3)c3ccccc3nc2c1C. The molecule has 0 aliphatic carbocycles. The van der Waals surface area contributed by atoms with Gasteiger partial charge in [0.15, 0.2) is 0 Å². The lowest BCUT2D eigenvalue weighted by Crippen LogP contribution is -2.14. The lowest BCUT2D eigenvalue weighted by Gasteiger charge is -2.17. The minimum atomic E-state index is -0.827. The second-order valence-corrected chi connectivity index (χ2v) is 9.89. The summed E-state index contributed by atoms with van der Waals surface area (Å²) in [5, 5.41) is 7.97. The maximum Gasteiger partial charge on any atom is 0.411 e. The molecule has 41 heavy (non-hydrogen) atoms. The number of ether oxygens (including phenoxy) is 1. The number of fused-ring (bicyclic) bond motifs is 2. The van der Waals surface area contributed by atoms with Gasteiger partial charge in [-0.2, -0.15) is 0 Å². The van der Waals surface area contributed by atoms with Crippen LogP contribution in [0, 0.1) is 25.5 Å². The number of nitrogens with zero attached hydrogens (tertiary/aromatic N) is 1. The van der Waals surface area contributed by atoms with E-state index < -0.39 is 17.7 Å². The van der Waals surface area contributed by atoms with Crippen molar-refractivity contribution < 1.29 is 18.3 Å². The molecule has 0 spiro atoms. The second kappa shape index (κ2) is 10.7. The van der Waals surface area contributed by atoms with E-state index in [2.05, 4.69) is 41.6 Å². The first-order valence-electron chi connectivity index (χ1n) is 13.1. The largest absolute Gasteiger partial charge is 0.444 e. The van der Waals surface area contributed by atoms with Gasteiger partial charge < -0.3 is 15.0 Å². The first-order chi connectivity index (χ1) is 19.8. The zero-order valence-electron chi connectivity index (χ0n) is 22.4. The highest BCUT2D eigenvalue weighted by molar-refractivity contribution is 6.09. The van der Waals surface area contributed by atoms with Crippen LogP contribution in [0.1, 0.15) is 16.7 Å². The van der Waals surface area contributed by atoms with E-state index in [1.165, 1.54) is 5.56 Å². The Balaban J connectivity index is 1.36. The molecule has 0 saturated heterocycles. The van der Waals surface area contributed by atoms with E-state index in [4.69, 9.17) is 9.72 Å². The van der Waals surface area contributed by atoms with Crippen LogP contribution in [0.5, 0.6) is 0 Å². The molecule has 0 radical (unpaired) electrons. The van der Waals surface area contributed by atoms with Crippen molar-refractivity contribution >= 4 is 45.0 Å². The molecular formula is C33H26F2N4O2. The third-order valence-electron chi connectivity index (χ3n) is 7.03. The van der Waals surface area contributed by atoms with E-state index in [1.807, 2.05) is 60.8 Å². The van der Waals surface area contributed by atoms with Gasteiger partial charge in [0.1, 0.15) is 18.2 Å². The minimum Gasteiger partial charge on any atom is -0.444 e. The van der Waals surface area contributed by atoms with Gasteiger partial charge in [-0.1, -0.05) is 30.3 Å². The maximum absolute atomic E-state index is 13.5. The maximum atomic E-state index is 13.5. The molecule has 2 aromatic heterocycles. The van der Waals surface area contributed by atoms with Crippen LogP contribution in [0.25, 0.3) is 33.1 Å². The Hall–Kier alpha value is -5.24. The summed E-state index contributed by atoms with van der Waals surface area (Å²) in [7, 11) is 0. The molecule has 6 aromatic rings. The van der Waals surface area contributed by atoms with Gasteiger partial charge in [0, 0.05) is 45.7 Å². The number of benzene rings is 4. The lowest BCUT2D eigenvalue weighted by atomic mass is 10.0. The van der Waals surface area contributed by atoms with Crippen molar-refractivity contribution in [3.63, 3.8) is 0 Å². The Morgan fingerprint density at radius 3 is 2.46 bits per heavy atom. The molecule has 0 saturated carbocycles. The molecule has 6 rings (SSSR count). The number of amides is 1. The second-order valence-electron chi connectivity index (χ2n) is 9.89. The number of anilines is 3. The van der Waals surface area contributed by atoms with Crippen LogP contribution < -0.4 is 10.6 Å². The standard InChI is InChI=1S/C33H26F2N4O2/c1-19-9-10-28-31(20(19)2)39-30-7-4-3-6-27(30)32(28)37-25-13-21(12-22(14-25)29-8-5-11-36-29)18-41-33(40)38-26-16-23(34)15-24(35)17-26/h3-17,36H,18H2,1-2H3,(H,37,39)(H,38,40). The van der Waals surface area contributed by atoms with E-state index in [9.17, 15) is 13.6 Å². The van der Waals surface area contributed by atoms with E-state index in [0.29, 0.717) is 0 Å². The van der Waals surface area contributed by atoms with Crippen LogP contribution in [0.3, 0.4) is 0 Å². The molecule has 2 heterocycles. The number of aryl methyl sites for hydroxylation is 2. The summed E-state index contributed by atoms with van der Waals surface area (Å²) < 4.78 is 32.5. The van der Waals surface area contributed by atoms with Gasteiger partial charge in [0.05, 0.1) is 16.7 Å². The normalized spacial score (nSPS) is 11.1. The first-order valence-corrected chi connectivity index (χ1v) is 13.1. The number of hydrogen-bond acceptors (Lipinski definition) is 4. The molecule has 0 fully saturated rings. The van der Waals surface area contributed by atoms with Gasteiger partial charge in [-0.3, -0.25) is 5.32 Å². The summed E-state index contributed by atoms with van der Waals surface area (Å²) in [6.07, 6.45) is 1.01. The number of aromatic nitrogens is 2. The number of para-hydroxylation sites is 1. The summed E-state index contributed by atoms with van der Waals surface area (Å²) in [4.78, 5) is 20.6. The van der Waals surface area contributed by atoms with Crippen molar-refractivity contribution in [2.45, 2.75) is 20.5 Å². The fraction of sp³-hybridized carbons (Fsp3) is 0.0909. The number of carbonyl (C=O) groups is 1. The van der Waals surface area contributed by atoms with Crippen molar-refractivity contribution in [1.29, 1.82) is 0 Å². The molecule has 0 aliphatic heterocycles. The third-order valence-corrected chi connectivity index (χ3v) is 7.03. The number of H-pyrrole nitrogens is 1. The van der Waals surface area contributed by atoms with E-state index in [1.54, 1.807) is 0 Å². The Morgan fingerprint density at radius 1 is 0.878 bits per heavy atom. The van der Waals surface area contributed by atoms with Gasteiger partial charge >= 0.3 is 6.09 Å². The average molecular weight is 549 g/mol. The molecule has 0 aliphatic rings. The zero-order valence-corrected chi connectivity index (χ0v) is 22.4. The van der Waals surface area contributed by atoms with Crippen molar-refractivity contribution in [2.75, 3.05) is 10.6 Å². The number of pyridine rings is 1. The summed E-state index contributed by atoms with van der Waals surface area (Å²) in [6.45, 7) is 4.09. The van der Waals surface area contributed by atoms with Crippen LogP contribution in [-0.2, 0) is 11.3 Å². The van der Waals surface area contributed by atoms with Crippen LogP contribution in [0.4, 0.5) is 30.6 Å². The molecule has 3 N–H and O–H groups in total. The topological polar surface area (TPSA) is 79.0 Å². The highest BCUT2D eigenvalue weighted by atomic mass is 19.1. The van der Waals surface area contributed by atoms with Crippen LogP contribution in [0.15, 0.2) is 91.1 Å². The Morgan fingerprint density at radius 2 is 1.68 bits per heavy atom. The van der Waals surface area contributed by atoms with Crippen LogP contribution in [0.2, 0.25) is 0 Å². The molecule has 8 heteroatoms. The molecule has 0 atom stereocenters. The number of carbonyl (C=O) groups excluding carboxylic acids is 1. The number of nitrogens with one attached hydrogen (secondary N) is 3. The van der Waals surface area contributed by atoms with Gasteiger partial charge in [-0.05, 0) is 79.1 Å². The van der Waals surface area contributed by atoms with E-state index in [-0.39, 0.29) is 12.3 Å². The lowest BCUT2D eigenvalue weighted by molar-refractivity contribution is 0.155. The first kappa shape index (κ1) is 26.0. The highest BCUT2D eigenvalue weighted by Gasteiger charge is 2.14. The van der Waals surface area contributed by atoms with Gasteiger partial charge in [0.2, 0.25) is 0 Å². The van der Waals surface area contributed by atoms with Crippen molar-refractivity contribution in [1.82, 2.24) is 9.97 Å².